The molecule has 0 amide bonds. The van der Waals surface area contributed by atoms with Crippen molar-refractivity contribution in [2.45, 2.75) is 0 Å². The number of fused-ring (bicyclic) bond motifs is 3. The van der Waals surface area contributed by atoms with E-state index in [9.17, 15) is 4.91 Å². The van der Waals surface area contributed by atoms with E-state index in [4.69, 9.17) is 0 Å². The van der Waals surface area contributed by atoms with Crippen molar-refractivity contribution < 1.29 is 0 Å². The topological polar surface area (TPSA) is 45.2 Å². The van der Waals surface area contributed by atoms with Crippen LogP contribution >= 0.6 is 0 Å². The van der Waals surface area contributed by atoms with Crippen molar-refractivity contribution in [3.05, 3.63) is 47.5 Å². The summed E-state index contributed by atoms with van der Waals surface area (Å²) in [5.41, 5.74) is 1.44. The number of hydrogen-bond donors (Lipinski definition) is 1. The van der Waals surface area contributed by atoms with E-state index in [1.54, 1.807) is 6.20 Å². The molecule has 1 heterocycles. The van der Waals surface area contributed by atoms with Gasteiger partial charge < -0.3 is 4.98 Å². The summed E-state index contributed by atoms with van der Waals surface area (Å²) >= 11 is 0. The molecule has 0 aliphatic heterocycles. The quantitative estimate of drug-likeness (QED) is 0.592. The predicted octanol–water partition coefficient (Wildman–Crippen LogP) is 3.72. The highest BCUT2D eigenvalue weighted by Gasteiger charge is 2.06. The molecule has 0 saturated carbocycles. The number of nitrogens with one attached hydrogen (secondary N) is 1. The highest BCUT2D eigenvalue weighted by molar-refractivity contribution is 6.09. The fourth-order valence-electron chi connectivity index (χ4n) is 1.93. The van der Waals surface area contributed by atoms with Crippen LogP contribution in [0.4, 0.5) is 5.69 Å². The van der Waals surface area contributed by atoms with Gasteiger partial charge in [0.1, 0.15) is 5.69 Å². The van der Waals surface area contributed by atoms with Crippen molar-refractivity contribution in [2.24, 2.45) is 5.18 Å². The third kappa shape index (κ3) is 1.06. The Hall–Kier alpha value is -2.16. The molecule has 1 N–H and O–H groups in total. The van der Waals surface area contributed by atoms with Crippen LogP contribution in [0.25, 0.3) is 21.7 Å². The molecule has 0 spiro atoms. The van der Waals surface area contributed by atoms with Crippen molar-refractivity contribution >= 4 is 27.4 Å². The van der Waals surface area contributed by atoms with Gasteiger partial charge in [-0.15, -0.1) is 4.91 Å². The molecule has 72 valence electrons. The van der Waals surface area contributed by atoms with Gasteiger partial charge in [-0.3, -0.25) is 0 Å². The highest BCUT2D eigenvalue weighted by atomic mass is 16.3. The Morgan fingerprint density at radius 3 is 2.73 bits per heavy atom. The van der Waals surface area contributed by atoms with Gasteiger partial charge in [0.25, 0.3) is 0 Å². The molecule has 0 radical (unpaired) electrons. The fourth-order valence-corrected chi connectivity index (χ4v) is 1.93. The molecule has 0 atom stereocenters. The Morgan fingerprint density at radius 2 is 1.87 bits per heavy atom. The summed E-state index contributed by atoms with van der Waals surface area (Å²) in [6, 6.07) is 12.0. The smallest absolute Gasteiger partial charge is 0.133 e. The average molecular weight is 196 g/mol. The van der Waals surface area contributed by atoms with Gasteiger partial charge in [-0.25, -0.2) is 0 Å². The van der Waals surface area contributed by atoms with Crippen LogP contribution in [0.15, 0.2) is 47.8 Å². The molecular formula is C12H8N2O. The minimum Gasteiger partial charge on any atom is -0.359 e. The molecule has 3 heteroatoms. The van der Waals surface area contributed by atoms with Gasteiger partial charge in [0.2, 0.25) is 0 Å². The van der Waals surface area contributed by atoms with Gasteiger partial charge in [-0.05, 0) is 16.6 Å². The van der Waals surface area contributed by atoms with E-state index in [0.717, 1.165) is 21.7 Å². The second-order valence-corrected chi connectivity index (χ2v) is 3.47. The first-order chi connectivity index (χ1) is 7.40. The van der Waals surface area contributed by atoms with Crippen LogP contribution in [0.2, 0.25) is 0 Å². The molecule has 0 saturated heterocycles. The monoisotopic (exact) mass is 196 g/mol. The molecule has 1 aromatic heterocycles. The summed E-state index contributed by atoms with van der Waals surface area (Å²) in [5.74, 6) is 0. The minimum atomic E-state index is 0.468. The van der Waals surface area contributed by atoms with E-state index in [1.165, 1.54) is 0 Å². The average Bonchev–Trinajstić information content (AvgIpc) is 2.72. The van der Waals surface area contributed by atoms with Crippen LogP contribution in [0, 0.1) is 4.91 Å². The highest BCUT2D eigenvalue weighted by Crippen LogP contribution is 2.30. The third-order valence-corrected chi connectivity index (χ3v) is 2.66. The first kappa shape index (κ1) is 8.17. The number of H-pyrrole nitrogens is 1. The molecule has 0 fully saturated rings. The first-order valence-corrected chi connectivity index (χ1v) is 4.72. The summed E-state index contributed by atoms with van der Waals surface area (Å²) in [5, 5.41) is 6.14. The maximum absolute atomic E-state index is 10.5. The predicted molar refractivity (Wildman–Crippen MR) is 61.3 cm³/mol. The third-order valence-electron chi connectivity index (χ3n) is 2.66. The van der Waals surface area contributed by atoms with Gasteiger partial charge in [0.05, 0.1) is 5.52 Å². The zero-order valence-electron chi connectivity index (χ0n) is 7.90. The lowest BCUT2D eigenvalue weighted by Gasteiger charge is -1.98. The zero-order chi connectivity index (χ0) is 10.3. The SMILES string of the molecule is O=Nc1c[nH]c2c1ccc1ccccc12. The summed E-state index contributed by atoms with van der Waals surface area (Å²) in [6.45, 7) is 0. The molecule has 0 aliphatic rings. The van der Waals surface area contributed by atoms with E-state index in [1.807, 2.05) is 36.4 Å². The fraction of sp³-hybridized carbons (Fsp3) is 0. The number of hydrogen-bond acceptors (Lipinski definition) is 2. The maximum Gasteiger partial charge on any atom is 0.133 e. The Bertz CT molecular complexity index is 655. The van der Waals surface area contributed by atoms with E-state index >= 15 is 0 Å². The number of aromatic nitrogens is 1. The van der Waals surface area contributed by atoms with Crippen LogP contribution in [0.3, 0.4) is 0 Å². The number of nitrogens with zero attached hydrogens (tertiary/aromatic N) is 1. The lowest BCUT2D eigenvalue weighted by molar-refractivity contribution is 1.45. The van der Waals surface area contributed by atoms with Crippen LogP contribution in [0.1, 0.15) is 0 Å². The van der Waals surface area contributed by atoms with Crippen molar-refractivity contribution in [3.8, 4) is 0 Å². The molecule has 0 bridgehead atoms. The molecule has 15 heavy (non-hydrogen) atoms. The van der Waals surface area contributed by atoms with Crippen LogP contribution < -0.4 is 0 Å². The van der Waals surface area contributed by atoms with E-state index < -0.39 is 0 Å². The van der Waals surface area contributed by atoms with Crippen molar-refractivity contribution in [1.82, 2.24) is 4.98 Å². The van der Waals surface area contributed by atoms with Gasteiger partial charge >= 0.3 is 0 Å². The number of benzene rings is 2. The Balaban J connectivity index is 2.55. The minimum absolute atomic E-state index is 0.468. The normalized spacial score (nSPS) is 10.9. The van der Waals surface area contributed by atoms with E-state index in [-0.39, 0.29) is 0 Å². The standard InChI is InChI=1S/C12H8N2O/c15-14-11-7-13-12-9-4-2-1-3-8(9)5-6-10(11)12/h1-7,13H. The molecule has 0 unspecified atom stereocenters. The van der Waals surface area contributed by atoms with Crippen LogP contribution in [-0.4, -0.2) is 4.98 Å². The lowest BCUT2D eigenvalue weighted by atomic mass is 10.1. The molecular weight excluding hydrogens is 188 g/mol. The lowest BCUT2D eigenvalue weighted by Crippen LogP contribution is -1.73. The number of aromatic amines is 1. The van der Waals surface area contributed by atoms with Gasteiger partial charge in [-0.1, -0.05) is 30.3 Å². The summed E-state index contributed by atoms with van der Waals surface area (Å²) < 4.78 is 0. The summed E-state index contributed by atoms with van der Waals surface area (Å²) in [4.78, 5) is 13.6. The first-order valence-electron chi connectivity index (χ1n) is 4.72. The van der Waals surface area contributed by atoms with Gasteiger partial charge in [-0.2, -0.15) is 0 Å². The van der Waals surface area contributed by atoms with Crippen molar-refractivity contribution in [1.29, 1.82) is 0 Å². The molecule has 2 aromatic carbocycles. The van der Waals surface area contributed by atoms with Crippen LogP contribution in [-0.2, 0) is 0 Å². The van der Waals surface area contributed by atoms with Gasteiger partial charge in [0, 0.05) is 17.0 Å². The second-order valence-electron chi connectivity index (χ2n) is 3.47. The maximum atomic E-state index is 10.5. The Morgan fingerprint density at radius 1 is 1.00 bits per heavy atom. The van der Waals surface area contributed by atoms with Crippen molar-refractivity contribution in [3.63, 3.8) is 0 Å². The van der Waals surface area contributed by atoms with E-state index in [2.05, 4.69) is 10.2 Å². The zero-order valence-corrected chi connectivity index (χ0v) is 7.90. The van der Waals surface area contributed by atoms with E-state index in [0.29, 0.717) is 5.69 Å². The summed E-state index contributed by atoms with van der Waals surface area (Å²) in [6.07, 6.45) is 1.64. The molecule has 3 rings (SSSR count). The number of nitroso groups, excluding NO2 is 1. The largest absolute Gasteiger partial charge is 0.359 e. The summed E-state index contributed by atoms with van der Waals surface area (Å²) in [7, 11) is 0. The van der Waals surface area contributed by atoms with Gasteiger partial charge in [0.15, 0.2) is 0 Å². The number of rotatable bonds is 1. The molecule has 0 aliphatic carbocycles. The van der Waals surface area contributed by atoms with Crippen molar-refractivity contribution in [2.75, 3.05) is 0 Å². The molecule has 3 nitrogen and oxygen atoms in total. The second kappa shape index (κ2) is 2.92. The Labute approximate surface area is 85.7 Å². The Kier molecular flexibility index (Phi) is 1.59. The van der Waals surface area contributed by atoms with Crippen LogP contribution in [0.5, 0.6) is 0 Å². The molecule has 3 aromatic rings.